The molecule has 0 N–H and O–H groups in total. The Kier molecular flexibility index (Phi) is 5.75. The van der Waals surface area contributed by atoms with Crippen molar-refractivity contribution in [1.29, 1.82) is 0 Å². The van der Waals surface area contributed by atoms with E-state index in [0.717, 1.165) is 18.4 Å². The number of aromatic nitrogens is 3. The topological polar surface area (TPSA) is 60.2 Å². The third-order valence-corrected chi connectivity index (χ3v) is 4.62. The molecule has 1 aliphatic rings. The van der Waals surface area contributed by atoms with Crippen molar-refractivity contribution in [2.75, 3.05) is 7.11 Å². The fraction of sp³-hybridized carbons (Fsp3) is 0.500. The number of esters is 1. The van der Waals surface area contributed by atoms with Crippen molar-refractivity contribution in [1.82, 2.24) is 19.7 Å². The lowest BCUT2D eigenvalue weighted by atomic mass is 9.94. The fourth-order valence-corrected chi connectivity index (χ4v) is 3.30. The van der Waals surface area contributed by atoms with E-state index in [-0.39, 0.29) is 11.6 Å². The largest absolute Gasteiger partial charge is 0.463 e. The Hall–Kier alpha value is -2.28. The Bertz CT molecular complexity index is 695. The van der Waals surface area contributed by atoms with Crippen LogP contribution in [-0.2, 0) is 18.0 Å². The number of carbonyl (C=O) groups excluding carboxylic acids is 1. The van der Waals surface area contributed by atoms with Crippen LogP contribution in [0.25, 0.3) is 0 Å². The van der Waals surface area contributed by atoms with Gasteiger partial charge in [0.15, 0.2) is 0 Å². The summed E-state index contributed by atoms with van der Waals surface area (Å²) in [6, 6.07) is 7.04. The van der Waals surface area contributed by atoms with Gasteiger partial charge >= 0.3 is 5.97 Å². The number of halogens is 1. The molecule has 25 heavy (non-hydrogen) atoms. The van der Waals surface area contributed by atoms with E-state index in [2.05, 4.69) is 19.7 Å². The van der Waals surface area contributed by atoms with E-state index in [9.17, 15) is 9.18 Å². The molecule has 0 spiro atoms. The zero-order valence-corrected chi connectivity index (χ0v) is 14.4. The first kappa shape index (κ1) is 17.5. The lowest BCUT2D eigenvalue weighted by Gasteiger charge is -2.34. The number of hydrogen-bond donors (Lipinski definition) is 0. The van der Waals surface area contributed by atoms with E-state index >= 15 is 0 Å². The normalized spacial score (nSPS) is 15.5. The van der Waals surface area contributed by atoms with Gasteiger partial charge < -0.3 is 4.74 Å². The molecule has 6 nitrogen and oxygen atoms in total. The molecule has 0 unspecified atom stereocenters. The molecule has 2 aromatic rings. The molecule has 1 fully saturated rings. The Labute approximate surface area is 146 Å². The van der Waals surface area contributed by atoms with Gasteiger partial charge in [-0.05, 0) is 30.5 Å². The third kappa shape index (κ3) is 4.63. The minimum absolute atomic E-state index is 0.0628. The third-order valence-electron chi connectivity index (χ3n) is 4.62. The quantitative estimate of drug-likeness (QED) is 0.753. The van der Waals surface area contributed by atoms with Gasteiger partial charge in [-0.3, -0.25) is 4.90 Å². The zero-order chi connectivity index (χ0) is 17.6. The summed E-state index contributed by atoms with van der Waals surface area (Å²) >= 11 is 0. The second-order valence-corrected chi connectivity index (χ2v) is 6.41. The molecular formula is C18H23FN4O2. The summed E-state index contributed by atoms with van der Waals surface area (Å²) < 4.78 is 19.5. The standard InChI is InChI=1S/C18H23FN4O2/c1-25-18(24)17-20-12-23(21-17)13-22(16-5-3-2-4-6-16)11-14-7-9-15(19)10-8-14/h7-10,12,16H,2-6,11,13H2,1H3. The first-order valence-electron chi connectivity index (χ1n) is 8.62. The van der Waals surface area contributed by atoms with E-state index in [4.69, 9.17) is 0 Å². The van der Waals surface area contributed by atoms with Crippen LogP contribution >= 0.6 is 0 Å². The maximum Gasteiger partial charge on any atom is 0.377 e. The molecule has 0 aliphatic heterocycles. The minimum atomic E-state index is -0.540. The Morgan fingerprint density at radius 1 is 1.28 bits per heavy atom. The number of carbonyl (C=O) groups is 1. The van der Waals surface area contributed by atoms with Crippen LogP contribution in [0.5, 0.6) is 0 Å². The van der Waals surface area contributed by atoms with Crippen molar-refractivity contribution in [3.05, 3.63) is 47.8 Å². The zero-order valence-electron chi connectivity index (χ0n) is 14.4. The predicted octanol–water partition coefficient (Wildman–Crippen LogP) is 3.00. The molecule has 134 valence electrons. The lowest BCUT2D eigenvalue weighted by Crippen LogP contribution is -2.37. The van der Waals surface area contributed by atoms with Crippen LogP contribution in [0.2, 0.25) is 0 Å². The van der Waals surface area contributed by atoms with E-state index in [0.29, 0.717) is 19.3 Å². The first-order valence-corrected chi connectivity index (χ1v) is 8.62. The second kappa shape index (κ2) is 8.20. The summed E-state index contributed by atoms with van der Waals surface area (Å²) in [7, 11) is 1.31. The fourth-order valence-electron chi connectivity index (χ4n) is 3.30. The number of hydrogen-bond acceptors (Lipinski definition) is 5. The molecule has 0 saturated heterocycles. The Morgan fingerprint density at radius 3 is 2.68 bits per heavy atom. The number of rotatable bonds is 6. The van der Waals surface area contributed by atoms with Crippen molar-refractivity contribution in [2.24, 2.45) is 0 Å². The highest BCUT2D eigenvalue weighted by Crippen LogP contribution is 2.24. The molecule has 1 heterocycles. The van der Waals surface area contributed by atoms with Crippen LogP contribution in [0.15, 0.2) is 30.6 Å². The maximum atomic E-state index is 13.2. The molecule has 1 aromatic heterocycles. The second-order valence-electron chi connectivity index (χ2n) is 6.41. The molecular weight excluding hydrogens is 323 g/mol. The summed E-state index contributed by atoms with van der Waals surface area (Å²) in [5, 5.41) is 4.20. The maximum absolute atomic E-state index is 13.2. The molecule has 0 amide bonds. The van der Waals surface area contributed by atoms with Crippen LogP contribution in [0.1, 0.15) is 48.3 Å². The smallest absolute Gasteiger partial charge is 0.377 e. The van der Waals surface area contributed by atoms with Gasteiger partial charge in [-0.25, -0.2) is 18.9 Å². The number of ether oxygens (including phenoxy) is 1. The summed E-state index contributed by atoms with van der Waals surface area (Å²) in [6.45, 7) is 1.24. The highest BCUT2D eigenvalue weighted by Gasteiger charge is 2.22. The van der Waals surface area contributed by atoms with Crippen LogP contribution in [-0.4, -0.2) is 38.8 Å². The number of methoxy groups -OCH3 is 1. The van der Waals surface area contributed by atoms with Gasteiger partial charge in [-0.15, -0.1) is 5.10 Å². The lowest BCUT2D eigenvalue weighted by molar-refractivity contribution is 0.0583. The van der Waals surface area contributed by atoms with Crippen LogP contribution in [0.4, 0.5) is 4.39 Å². The highest BCUT2D eigenvalue weighted by molar-refractivity contribution is 5.84. The van der Waals surface area contributed by atoms with Crippen molar-refractivity contribution in [3.8, 4) is 0 Å². The molecule has 7 heteroatoms. The van der Waals surface area contributed by atoms with Crippen LogP contribution in [0, 0.1) is 5.82 Å². The summed E-state index contributed by atoms with van der Waals surface area (Å²) in [6.07, 6.45) is 7.54. The average Bonchev–Trinajstić information content (AvgIpc) is 3.11. The minimum Gasteiger partial charge on any atom is -0.463 e. The van der Waals surface area contributed by atoms with Crippen molar-refractivity contribution in [2.45, 2.75) is 51.4 Å². The highest BCUT2D eigenvalue weighted by atomic mass is 19.1. The van der Waals surface area contributed by atoms with Crippen molar-refractivity contribution in [3.63, 3.8) is 0 Å². The number of benzene rings is 1. The first-order chi connectivity index (χ1) is 12.2. The van der Waals surface area contributed by atoms with Gasteiger partial charge in [0.25, 0.3) is 5.82 Å². The van der Waals surface area contributed by atoms with Crippen molar-refractivity contribution >= 4 is 5.97 Å². The molecule has 3 rings (SSSR count). The van der Waals surface area contributed by atoms with Crippen LogP contribution < -0.4 is 0 Å². The average molecular weight is 346 g/mol. The van der Waals surface area contributed by atoms with Gasteiger partial charge in [0.1, 0.15) is 12.1 Å². The molecule has 1 aliphatic carbocycles. The molecule has 0 radical (unpaired) electrons. The van der Waals surface area contributed by atoms with Gasteiger partial charge in [-0.2, -0.15) is 0 Å². The Balaban J connectivity index is 1.74. The summed E-state index contributed by atoms with van der Waals surface area (Å²) in [5.74, 6) is -0.707. The van der Waals surface area contributed by atoms with Crippen molar-refractivity contribution < 1.29 is 13.9 Å². The molecule has 1 aromatic carbocycles. The van der Waals surface area contributed by atoms with Gasteiger partial charge in [0.05, 0.1) is 13.8 Å². The monoisotopic (exact) mass is 346 g/mol. The molecule has 0 bridgehead atoms. The SMILES string of the molecule is COC(=O)c1ncn(CN(Cc2ccc(F)cc2)C2CCCCC2)n1. The number of nitrogens with zero attached hydrogens (tertiary/aromatic N) is 4. The summed E-state index contributed by atoms with van der Waals surface area (Å²) in [4.78, 5) is 17.9. The van der Waals surface area contributed by atoms with Gasteiger partial charge in [-0.1, -0.05) is 31.4 Å². The molecule has 0 atom stereocenters. The van der Waals surface area contributed by atoms with E-state index in [1.165, 1.54) is 38.5 Å². The predicted molar refractivity (Wildman–Crippen MR) is 90.2 cm³/mol. The Morgan fingerprint density at radius 2 is 2.00 bits per heavy atom. The summed E-state index contributed by atoms with van der Waals surface area (Å²) in [5.41, 5.74) is 1.06. The molecule has 1 saturated carbocycles. The van der Waals surface area contributed by atoms with E-state index in [1.807, 2.05) is 12.1 Å². The van der Waals surface area contributed by atoms with Gasteiger partial charge in [0, 0.05) is 12.6 Å². The van der Waals surface area contributed by atoms with E-state index in [1.54, 1.807) is 11.0 Å². The van der Waals surface area contributed by atoms with Gasteiger partial charge in [0.2, 0.25) is 0 Å². The van der Waals surface area contributed by atoms with E-state index < -0.39 is 5.97 Å². The van der Waals surface area contributed by atoms with Crippen LogP contribution in [0.3, 0.4) is 0 Å².